The van der Waals surface area contributed by atoms with Gasteiger partial charge in [0.2, 0.25) is 0 Å². The van der Waals surface area contributed by atoms with Crippen LogP contribution in [0, 0.1) is 22.0 Å². The maximum atomic E-state index is 10.3. The minimum Gasteiger partial charge on any atom is -0.480 e. The van der Waals surface area contributed by atoms with Crippen molar-refractivity contribution in [2.45, 2.75) is 58.8 Å². The molecule has 0 aromatic carbocycles. The van der Waals surface area contributed by atoms with Crippen LogP contribution in [0.1, 0.15) is 48.0 Å². The molecule has 0 radical (unpaired) electrons. The van der Waals surface area contributed by atoms with Gasteiger partial charge in [-0.15, -0.1) is 5.34 Å². The van der Waals surface area contributed by atoms with Crippen molar-refractivity contribution in [3.8, 4) is 0 Å². The Morgan fingerprint density at radius 1 is 1.13 bits per heavy atom. The molecule has 4 atom stereocenters. The minimum atomic E-state index is -0.913. The van der Waals surface area contributed by atoms with Gasteiger partial charge in [0.05, 0.1) is 0 Å². The first-order chi connectivity index (χ1) is 9.60. The molecule has 0 unspecified atom stereocenters. The molecule has 0 bridgehead atoms. The summed E-state index contributed by atoms with van der Waals surface area (Å²) in [5, 5.41) is 25.8. The molecule has 0 aliphatic carbocycles. The zero-order valence-corrected chi connectivity index (χ0v) is 17.2. The second-order valence-corrected chi connectivity index (χ2v) is 5.44. The predicted molar refractivity (Wildman–Crippen MR) is 90.8 cm³/mol. The van der Waals surface area contributed by atoms with Crippen LogP contribution in [-0.2, 0) is 9.59 Å². The monoisotopic (exact) mass is 410 g/mol. The summed E-state index contributed by atoms with van der Waals surface area (Å²) in [6, 6.07) is -0.699. The normalized spacial score (nSPS) is 13.7. The molecule has 0 saturated carbocycles. The van der Waals surface area contributed by atoms with E-state index in [1.165, 1.54) is 0 Å². The SMILES string of the molecule is C.CC[C@@H](C)[C@@H](Br)C(=O)O.CC[C@@H](C)[C@@H](N)C(=O)O.O=N[O-].[Na+]. The summed E-state index contributed by atoms with van der Waals surface area (Å²) in [7, 11) is 0. The molecule has 0 saturated heterocycles. The minimum absolute atomic E-state index is 0. The molecule has 23 heavy (non-hydrogen) atoms. The Kier molecular flexibility index (Phi) is 32.4. The molecule has 10 heteroatoms. The number of nitrogens with two attached hydrogens (primary N) is 1. The Balaban J connectivity index is -0.0000000746. The van der Waals surface area contributed by atoms with Crippen LogP contribution in [0.3, 0.4) is 0 Å². The summed E-state index contributed by atoms with van der Waals surface area (Å²) < 4.78 is 0. The number of rotatable bonds is 6. The Bertz CT molecular complexity index is 284. The topological polar surface area (TPSA) is 153 Å². The second kappa shape index (κ2) is 21.8. The third kappa shape index (κ3) is 21.8. The van der Waals surface area contributed by atoms with E-state index in [1.807, 2.05) is 27.7 Å². The van der Waals surface area contributed by atoms with E-state index >= 15 is 0 Å². The molecule has 0 aliphatic rings. The van der Waals surface area contributed by atoms with Crippen LogP contribution in [-0.4, -0.2) is 33.0 Å². The summed E-state index contributed by atoms with van der Waals surface area (Å²) in [6.07, 6.45) is 1.70. The van der Waals surface area contributed by atoms with Gasteiger partial charge in [-0.25, -0.2) is 0 Å². The van der Waals surface area contributed by atoms with E-state index in [2.05, 4.69) is 15.9 Å². The van der Waals surface area contributed by atoms with Gasteiger partial charge in [-0.1, -0.05) is 63.9 Å². The van der Waals surface area contributed by atoms with Crippen molar-refractivity contribution in [1.82, 2.24) is 0 Å². The van der Waals surface area contributed by atoms with Crippen LogP contribution in [0.2, 0.25) is 0 Å². The molecule has 4 N–H and O–H groups in total. The average Bonchev–Trinajstić information content (AvgIpc) is 2.45. The van der Waals surface area contributed by atoms with Gasteiger partial charge in [0.25, 0.3) is 0 Å². The molecule has 0 aliphatic heterocycles. The zero-order valence-electron chi connectivity index (χ0n) is 13.7. The molecule has 0 fully saturated rings. The van der Waals surface area contributed by atoms with Crippen molar-refractivity contribution in [3.63, 3.8) is 0 Å². The summed E-state index contributed by atoms with van der Waals surface area (Å²) in [5.74, 6) is -1.40. The number of alkyl halides is 1. The van der Waals surface area contributed by atoms with Crippen LogP contribution < -0.4 is 35.3 Å². The number of nitrogens with zero attached hydrogens (tertiary/aromatic N) is 1. The summed E-state index contributed by atoms with van der Waals surface area (Å²) in [4.78, 5) is 28.0. The van der Waals surface area contributed by atoms with Crippen molar-refractivity contribution in [2.24, 2.45) is 22.9 Å². The van der Waals surface area contributed by atoms with Crippen molar-refractivity contribution in [2.75, 3.05) is 0 Å². The van der Waals surface area contributed by atoms with Crippen molar-refractivity contribution >= 4 is 27.9 Å². The van der Waals surface area contributed by atoms with Gasteiger partial charge >= 0.3 is 41.5 Å². The molecule has 8 nitrogen and oxygen atoms in total. The Morgan fingerprint density at radius 3 is 1.52 bits per heavy atom. The number of carboxylic acids is 2. The number of carboxylic acid groups (broad SMARTS) is 2. The smallest absolute Gasteiger partial charge is 0.480 e. The van der Waals surface area contributed by atoms with Gasteiger partial charge in [-0.2, -0.15) is 0 Å². The van der Waals surface area contributed by atoms with E-state index in [1.54, 1.807) is 0 Å². The predicted octanol–water partition coefficient (Wildman–Crippen LogP) is 0.216. The van der Waals surface area contributed by atoms with Crippen LogP contribution in [0.4, 0.5) is 0 Å². The zero-order chi connectivity index (χ0) is 17.6. The van der Waals surface area contributed by atoms with E-state index in [9.17, 15) is 9.59 Å². The van der Waals surface area contributed by atoms with Crippen LogP contribution >= 0.6 is 15.9 Å². The molecule has 134 valence electrons. The van der Waals surface area contributed by atoms with E-state index < -0.39 is 18.0 Å². The number of hydrogen-bond donors (Lipinski definition) is 3. The third-order valence-corrected chi connectivity index (χ3v) is 4.22. The quantitative estimate of drug-likeness (QED) is 0.244. The van der Waals surface area contributed by atoms with Crippen LogP contribution in [0.5, 0.6) is 0 Å². The molecular weight excluding hydrogens is 383 g/mol. The van der Waals surface area contributed by atoms with Gasteiger partial charge in [-0.05, 0) is 11.8 Å². The summed E-state index contributed by atoms with van der Waals surface area (Å²) in [5.41, 5.74) is 5.27. The molecule has 0 aromatic rings. The standard InChI is InChI=1S/C6H11BrO2.C6H13NO2.CH4.HNO2.Na/c2*1-3-4(2)5(7)6(8)9;;2-1-3;/h4-5H,3H2,1-2H3,(H,8,9);4-5H,3,7H2,1-2H3,(H,8,9);1H4;(H,2,3);/q;;;;+1/p-1/t2*4-,5-;;;/m11.../s1. The van der Waals surface area contributed by atoms with Crippen LogP contribution in [0.15, 0.2) is 5.34 Å². The maximum absolute atomic E-state index is 10.3. The fraction of sp³-hybridized carbons (Fsp3) is 0.846. The number of halogens is 1. The third-order valence-electron chi connectivity index (χ3n) is 2.92. The Labute approximate surface area is 168 Å². The van der Waals surface area contributed by atoms with Crippen molar-refractivity contribution < 1.29 is 49.4 Å². The van der Waals surface area contributed by atoms with Gasteiger partial charge in [-0.3, -0.25) is 9.59 Å². The molecule has 0 heterocycles. The van der Waals surface area contributed by atoms with E-state index in [0.29, 0.717) is 0 Å². The fourth-order valence-electron chi connectivity index (χ4n) is 0.948. The fourth-order valence-corrected chi connectivity index (χ4v) is 1.32. The first kappa shape index (κ1) is 34.2. The largest absolute Gasteiger partial charge is 1.00 e. The first-order valence-electron chi connectivity index (χ1n) is 6.40. The van der Waals surface area contributed by atoms with Crippen LogP contribution in [0.25, 0.3) is 0 Å². The number of aliphatic carboxylic acids is 2. The van der Waals surface area contributed by atoms with Gasteiger partial charge in [0.15, 0.2) is 0 Å². The van der Waals surface area contributed by atoms with Crippen molar-refractivity contribution in [3.05, 3.63) is 10.1 Å². The molecule has 0 rings (SSSR count). The van der Waals surface area contributed by atoms with E-state index in [0.717, 1.165) is 18.2 Å². The Hall–Kier alpha value is -0.220. The maximum Gasteiger partial charge on any atom is 1.00 e. The molecule has 0 aromatic heterocycles. The van der Waals surface area contributed by atoms with Gasteiger partial charge < -0.3 is 26.1 Å². The average molecular weight is 411 g/mol. The second-order valence-electron chi connectivity index (χ2n) is 4.45. The molecule has 0 spiro atoms. The van der Waals surface area contributed by atoms with Gasteiger partial charge in [0.1, 0.15) is 10.9 Å². The molecular formula is C13H28BrN2NaO6. The van der Waals surface area contributed by atoms with E-state index in [-0.39, 0.29) is 53.6 Å². The summed E-state index contributed by atoms with van der Waals surface area (Å²) in [6.45, 7) is 7.64. The number of hydrogen-bond acceptors (Lipinski definition) is 6. The summed E-state index contributed by atoms with van der Waals surface area (Å²) >= 11 is 3.07. The van der Waals surface area contributed by atoms with Gasteiger partial charge in [0, 0.05) is 0 Å². The van der Waals surface area contributed by atoms with E-state index in [4.69, 9.17) is 26.1 Å². The Morgan fingerprint density at radius 2 is 1.43 bits per heavy atom. The molecule has 0 amide bonds. The first-order valence-corrected chi connectivity index (χ1v) is 7.32. The van der Waals surface area contributed by atoms with Crippen molar-refractivity contribution in [1.29, 1.82) is 0 Å². The number of carbonyl (C=O) groups is 2.